The fourth-order valence-electron chi connectivity index (χ4n) is 6.13. The molecule has 0 amide bonds. The van der Waals surface area contributed by atoms with Crippen molar-refractivity contribution in [2.45, 2.75) is 134 Å². The third kappa shape index (κ3) is 6.53. The van der Waals surface area contributed by atoms with Crippen LogP contribution in [-0.4, -0.2) is 19.5 Å². The van der Waals surface area contributed by atoms with E-state index in [2.05, 4.69) is 43.3 Å². The largest absolute Gasteiger partial charge is 0.353 e. The number of rotatable bonds is 17. The summed E-state index contributed by atoms with van der Waals surface area (Å²) in [6.07, 6.45) is 26.3. The van der Waals surface area contributed by atoms with Crippen LogP contribution in [0.4, 0.5) is 0 Å². The van der Waals surface area contributed by atoms with Crippen LogP contribution in [0.3, 0.4) is 0 Å². The fourth-order valence-corrected chi connectivity index (χ4v) is 6.13. The zero-order valence-electron chi connectivity index (χ0n) is 21.7. The van der Waals surface area contributed by atoms with Crippen LogP contribution >= 0.6 is 0 Å². The first-order valence-corrected chi connectivity index (χ1v) is 14.5. The van der Waals surface area contributed by atoms with Gasteiger partial charge in [0.1, 0.15) is 11.2 Å². The first-order valence-electron chi connectivity index (χ1n) is 14.5. The van der Waals surface area contributed by atoms with Gasteiger partial charge in [-0.15, -0.1) is 0 Å². The lowest BCUT2D eigenvalue weighted by Gasteiger charge is -2.26. The first kappa shape index (κ1) is 25.9. The lowest BCUT2D eigenvalue weighted by Crippen LogP contribution is -2.23. The average Bonchev–Trinajstić information content (AvgIpc) is 3.38. The lowest BCUT2D eigenvalue weighted by molar-refractivity contribution is -0.162. The van der Waals surface area contributed by atoms with E-state index in [0.29, 0.717) is 0 Å². The van der Waals surface area contributed by atoms with Crippen LogP contribution in [0.1, 0.15) is 127 Å². The molecular weight excluding hydrogens is 420 g/mol. The molecule has 3 aliphatic heterocycles. The molecule has 34 heavy (non-hydrogen) atoms. The zero-order chi connectivity index (χ0) is 23.5. The average molecular weight is 469 g/mol. The van der Waals surface area contributed by atoms with Crippen molar-refractivity contribution < 1.29 is 14.2 Å². The molecule has 1 aromatic rings. The second-order valence-electron chi connectivity index (χ2n) is 10.8. The van der Waals surface area contributed by atoms with E-state index in [-0.39, 0.29) is 17.5 Å². The predicted molar refractivity (Wildman–Crippen MR) is 140 cm³/mol. The van der Waals surface area contributed by atoms with Crippen molar-refractivity contribution in [3.63, 3.8) is 0 Å². The number of hydrogen-bond acceptors (Lipinski definition) is 3. The van der Waals surface area contributed by atoms with Gasteiger partial charge in [-0.25, -0.2) is 0 Å². The van der Waals surface area contributed by atoms with Gasteiger partial charge in [-0.3, -0.25) is 0 Å². The SMILES string of the molecule is CCCCCC12C=CC(CCCCCCCCCCCOC3CCCCO3)(O1)c1ccccc12. The summed E-state index contributed by atoms with van der Waals surface area (Å²) in [4.78, 5) is 0. The Hall–Kier alpha value is -1.16. The van der Waals surface area contributed by atoms with Crippen LogP contribution in [-0.2, 0) is 25.4 Å². The van der Waals surface area contributed by atoms with E-state index in [0.717, 1.165) is 32.5 Å². The van der Waals surface area contributed by atoms with E-state index in [4.69, 9.17) is 14.2 Å². The second kappa shape index (κ2) is 13.2. The van der Waals surface area contributed by atoms with E-state index >= 15 is 0 Å². The number of hydrogen-bond donors (Lipinski definition) is 0. The third-order valence-electron chi connectivity index (χ3n) is 8.11. The van der Waals surface area contributed by atoms with Gasteiger partial charge in [0.15, 0.2) is 6.29 Å². The number of benzene rings is 1. The molecule has 0 aromatic heterocycles. The molecule has 0 N–H and O–H groups in total. The molecule has 0 radical (unpaired) electrons. The fraction of sp³-hybridized carbons (Fsp3) is 0.742. The van der Waals surface area contributed by atoms with Gasteiger partial charge in [0.2, 0.25) is 0 Å². The van der Waals surface area contributed by atoms with Gasteiger partial charge in [0, 0.05) is 13.2 Å². The summed E-state index contributed by atoms with van der Waals surface area (Å²) in [6.45, 7) is 4.02. The van der Waals surface area contributed by atoms with Crippen LogP contribution in [0, 0.1) is 0 Å². The minimum atomic E-state index is -0.159. The van der Waals surface area contributed by atoms with Crippen molar-refractivity contribution in [1.29, 1.82) is 0 Å². The molecule has 190 valence electrons. The topological polar surface area (TPSA) is 27.7 Å². The molecule has 2 bridgehead atoms. The zero-order valence-corrected chi connectivity index (χ0v) is 21.7. The van der Waals surface area contributed by atoms with Crippen molar-refractivity contribution in [1.82, 2.24) is 0 Å². The molecule has 3 heterocycles. The Morgan fingerprint density at radius 1 is 0.765 bits per heavy atom. The van der Waals surface area contributed by atoms with Crippen molar-refractivity contribution in [3.8, 4) is 0 Å². The molecular formula is C31H48O3. The minimum absolute atomic E-state index is 0.0774. The Morgan fingerprint density at radius 2 is 1.35 bits per heavy atom. The van der Waals surface area contributed by atoms with Gasteiger partial charge in [-0.2, -0.15) is 0 Å². The van der Waals surface area contributed by atoms with Crippen molar-refractivity contribution in [2.75, 3.05) is 13.2 Å². The molecule has 4 rings (SSSR count). The van der Waals surface area contributed by atoms with Crippen LogP contribution in [0.15, 0.2) is 36.4 Å². The van der Waals surface area contributed by atoms with Gasteiger partial charge in [0.25, 0.3) is 0 Å². The number of unbranched alkanes of at least 4 members (excludes halogenated alkanes) is 10. The molecule has 1 fully saturated rings. The summed E-state index contributed by atoms with van der Waals surface area (Å²) >= 11 is 0. The van der Waals surface area contributed by atoms with Crippen LogP contribution in [0.5, 0.6) is 0 Å². The highest BCUT2D eigenvalue weighted by molar-refractivity contribution is 5.51. The smallest absolute Gasteiger partial charge is 0.157 e. The highest BCUT2D eigenvalue weighted by atomic mass is 16.7. The Morgan fingerprint density at radius 3 is 1.94 bits per heavy atom. The minimum Gasteiger partial charge on any atom is -0.353 e. The lowest BCUT2D eigenvalue weighted by atomic mass is 9.78. The third-order valence-corrected chi connectivity index (χ3v) is 8.11. The van der Waals surface area contributed by atoms with Crippen molar-refractivity contribution in [3.05, 3.63) is 47.5 Å². The summed E-state index contributed by atoms with van der Waals surface area (Å²) in [5, 5.41) is 0. The van der Waals surface area contributed by atoms with Crippen LogP contribution in [0.2, 0.25) is 0 Å². The molecule has 0 spiro atoms. The Labute approximate surface area is 208 Å². The molecule has 1 aromatic carbocycles. The van der Waals surface area contributed by atoms with Gasteiger partial charge >= 0.3 is 0 Å². The molecule has 3 heteroatoms. The normalized spacial score (nSPS) is 27.4. The summed E-state index contributed by atoms with van der Waals surface area (Å²) in [5.74, 6) is 0. The number of fused-ring (bicyclic) bond motifs is 5. The highest BCUT2D eigenvalue weighted by Crippen LogP contribution is 2.57. The van der Waals surface area contributed by atoms with Crippen molar-refractivity contribution in [2.24, 2.45) is 0 Å². The monoisotopic (exact) mass is 468 g/mol. The van der Waals surface area contributed by atoms with Gasteiger partial charge in [0.05, 0.1) is 0 Å². The standard InChI is InChI=1S/C31H48O3/c1-2-3-14-21-30-23-24-31(34-30,28-19-12-11-18-27(28)30)22-15-9-7-5-4-6-8-10-16-25-32-29-20-13-17-26-33-29/h11-12,18-19,23-24,29H,2-10,13-17,20-22,25-26H2,1H3. The van der Waals surface area contributed by atoms with E-state index in [9.17, 15) is 0 Å². The second-order valence-corrected chi connectivity index (χ2v) is 10.8. The van der Waals surface area contributed by atoms with Gasteiger partial charge in [-0.05, 0) is 74.6 Å². The maximum atomic E-state index is 6.87. The van der Waals surface area contributed by atoms with E-state index in [1.54, 1.807) is 0 Å². The molecule has 0 saturated carbocycles. The highest BCUT2D eigenvalue weighted by Gasteiger charge is 2.54. The Kier molecular flexibility index (Phi) is 10.1. The predicted octanol–water partition coefficient (Wildman–Crippen LogP) is 8.70. The summed E-state index contributed by atoms with van der Waals surface area (Å²) in [5.41, 5.74) is 2.56. The summed E-state index contributed by atoms with van der Waals surface area (Å²) in [6, 6.07) is 8.99. The molecule has 3 atom stereocenters. The molecule has 0 aliphatic carbocycles. The van der Waals surface area contributed by atoms with E-state index < -0.39 is 0 Å². The molecule has 3 nitrogen and oxygen atoms in total. The Balaban J connectivity index is 1.06. The number of ether oxygens (including phenoxy) is 3. The molecule has 1 saturated heterocycles. The quantitative estimate of drug-likeness (QED) is 0.169. The van der Waals surface area contributed by atoms with Crippen molar-refractivity contribution >= 4 is 0 Å². The van der Waals surface area contributed by atoms with Gasteiger partial charge < -0.3 is 14.2 Å². The summed E-state index contributed by atoms with van der Waals surface area (Å²) in [7, 11) is 0. The van der Waals surface area contributed by atoms with Gasteiger partial charge in [-0.1, -0.05) is 89.0 Å². The van der Waals surface area contributed by atoms with Crippen LogP contribution < -0.4 is 0 Å². The van der Waals surface area contributed by atoms with Crippen LogP contribution in [0.25, 0.3) is 0 Å². The first-order chi connectivity index (χ1) is 16.8. The Bertz CT molecular complexity index is 753. The summed E-state index contributed by atoms with van der Waals surface area (Å²) < 4.78 is 18.3. The van der Waals surface area contributed by atoms with E-state index in [1.807, 2.05) is 0 Å². The van der Waals surface area contributed by atoms with E-state index in [1.165, 1.54) is 101 Å². The maximum Gasteiger partial charge on any atom is 0.157 e. The maximum absolute atomic E-state index is 6.87. The molecule has 3 unspecified atom stereocenters. The molecule has 3 aliphatic rings.